The number of anilines is 2. The first-order valence-electron chi connectivity index (χ1n) is 4.83. The SMILES string of the molecule is Nc1ccc(N)c(-c2cnccc2[N+](=O)[O-])c1. The summed E-state index contributed by atoms with van der Waals surface area (Å²) >= 11 is 0. The Balaban J connectivity index is 2.68. The van der Waals surface area contributed by atoms with Crippen molar-refractivity contribution >= 4 is 17.1 Å². The first-order chi connectivity index (χ1) is 8.09. The number of aromatic nitrogens is 1. The molecule has 1 heterocycles. The lowest BCUT2D eigenvalue weighted by atomic mass is 10.0. The highest BCUT2D eigenvalue weighted by Gasteiger charge is 2.16. The van der Waals surface area contributed by atoms with E-state index < -0.39 is 4.92 Å². The summed E-state index contributed by atoms with van der Waals surface area (Å²) in [6, 6.07) is 6.18. The van der Waals surface area contributed by atoms with E-state index in [2.05, 4.69) is 4.98 Å². The van der Waals surface area contributed by atoms with Crippen LogP contribution in [-0.4, -0.2) is 9.91 Å². The van der Waals surface area contributed by atoms with Crippen LogP contribution in [0.3, 0.4) is 0 Å². The predicted molar refractivity (Wildman–Crippen MR) is 65.2 cm³/mol. The van der Waals surface area contributed by atoms with E-state index in [9.17, 15) is 10.1 Å². The maximum Gasteiger partial charge on any atom is 0.280 e. The molecule has 0 saturated heterocycles. The van der Waals surface area contributed by atoms with E-state index in [1.54, 1.807) is 18.2 Å². The van der Waals surface area contributed by atoms with Crippen molar-refractivity contribution in [1.82, 2.24) is 4.98 Å². The topological polar surface area (TPSA) is 108 Å². The molecule has 0 bridgehead atoms. The molecule has 0 aliphatic carbocycles. The van der Waals surface area contributed by atoms with Crippen molar-refractivity contribution in [2.45, 2.75) is 0 Å². The third-order valence-electron chi connectivity index (χ3n) is 2.36. The molecule has 0 unspecified atom stereocenters. The number of nitrogens with zero attached hydrogens (tertiary/aromatic N) is 2. The Morgan fingerprint density at radius 2 is 1.94 bits per heavy atom. The van der Waals surface area contributed by atoms with Crippen LogP contribution in [0.1, 0.15) is 0 Å². The molecule has 6 heteroatoms. The molecule has 0 fully saturated rings. The summed E-state index contributed by atoms with van der Waals surface area (Å²) in [6.45, 7) is 0. The van der Waals surface area contributed by atoms with Crippen LogP contribution in [0, 0.1) is 10.1 Å². The van der Waals surface area contributed by atoms with E-state index in [4.69, 9.17) is 11.5 Å². The van der Waals surface area contributed by atoms with Gasteiger partial charge < -0.3 is 11.5 Å². The average Bonchev–Trinajstić information content (AvgIpc) is 2.32. The minimum absolute atomic E-state index is 0.0442. The molecule has 0 aliphatic heterocycles. The Morgan fingerprint density at radius 1 is 1.18 bits per heavy atom. The van der Waals surface area contributed by atoms with Gasteiger partial charge in [-0.25, -0.2) is 0 Å². The van der Waals surface area contributed by atoms with Crippen molar-refractivity contribution < 1.29 is 4.92 Å². The molecule has 17 heavy (non-hydrogen) atoms. The van der Waals surface area contributed by atoms with E-state index in [0.29, 0.717) is 22.5 Å². The van der Waals surface area contributed by atoms with Crippen molar-refractivity contribution in [1.29, 1.82) is 0 Å². The van der Waals surface area contributed by atoms with Crippen LogP contribution in [0.15, 0.2) is 36.7 Å². The van der Waals surface area contributed by atoms with Gasteiger partial charge in [0.05, 0.1) is 10.5 Å². The Labute approximate surface area is 97.0 Å². The maximum atomic E-state index is 10.9. The zero-order valence-corrected chi connectivity index (χ0v) is 8.83. The molecule has 1 aromatic heterocycles. The van der Waals surface area contributed by atoms with Gasteiger partial charge in [0.15, 0.2) is 0 Å². The van der Waals surface area contributed by atoms with Gasteiger partial charge in [-0.05, 0) is 18.2 Å². The maximum absolute atomic E-state index is 10.9. The van der Waals surface area contributed by atoms with Crippen LogP contribution in [0.5, 0.6) is 0 Å². The molecule has 0 atom stereocenters. The van der Waals surface area contributed by atoms with E-state index in [1.165, 1.54) is 18.5 Å². The Morgan fingerprint density at radius 3 is 2.65 bits per heavy atom. The summed E-state index contributed by atoms with van der Waals surface area (Å²) in [5, 5.41) is 10.9. The van der Waals surface area contributed by atoms with Gasteiger partial charge in [0.2, 0.25) is 0 Å². The second-order valence-corrected chi connectivity index (χ2v) is 3.50. The van der Waals surface area contributed by atoms with Gasteiger partial charge in [0.25, 0.3) is 5.69 Å². The van der Waals surface area contributed by atoms with E-state index in [0.717, 1.165) is 0 Å². The second kappa shape index (κ2) is 4.09. The number of rotatable bonds is 2. The fraction of sp³-hybridized carbons (Fsp3) is 0. The fourth-order valence-electron chi connectivity index (χ4n) is 1.56. The number of benzene rings is 1. The molecule has 4 N–H and O–H groups in total. The van der Waals surface area contributed by atoms with Gasteiger partial charge in [-0.15, -0.1) is 0 Å². The Hall–Kier alpha value is -2.63. The lowest BCUT2D eigenvalue weighted by Crippen LogP contribution is -1.97. The van der Waals surface area contributed by atoms with Crippen molar-refractivity contribution in [2.75, 3.05) is 11.5 Å². The fourth-order valence-corrected chi connectivity index (χ4v) is 1.56. The molecular formula is C11H10N4O2. The number of nitro groups is 1. The zero-order chi connectivity index (χ0) is 12.4. The largest absolute Gasteiger partial charge is 0.399 e. The van der Waals surface area contributed by atoms with E-state index >= 15 is 0 Å². The lowest BCUT2D eigenvalue weighted by molar-refractivity contribution is -0.384. The zero-order valence-electron chi connectivity index (χ0n) is 8.83. The van der Waals surface area contributed by atoms with Gasteiger partial charge in [0.1, 0.15) is 0 Å². The highest BCUT2D eigenvalue weighted by molar-refractivity contribution is 5.83. The average molecular weight is 230 g/mol. The molecule has 0 saturated carbocycles. The summed E-state index contributed by atoms with van der Waals surface area (Å²) in [4.78, 5) is 14.3. The number of pyridine rings is 1. The summed E-state index contributed by atoms with van der Waals surface area (Å²) in [5.74, 6) is 0. The summed E-state index contributed by atoms with van der Waals surface area (Å²) in [5.41, 5.74) is 13.2. The lowest BCUT2D eigenvalue weighted by Gasteiger charge is -2.06. The molecule has 2 rings (SSSR count). The van der Waals surface area contributed by atoms with E-state index in [1.807, 2.05) is 0 Å². The molecule has 0 aliphatic rings. The molecule has 6 nitrogen and oxygen atoms in total. The van der Waals surface area contributed by atoms with Gasteiger partial charge in [-0.3, -0.25) is 15.1 Å². The first-order valence-corrected chi connectivity index (χ1v) is 4.83. The number of nitrogen functional groups attached to an aromatic ring is 2. The van der Waals surface area contributed by atoms with Gasteiger partial charge in [0, 0.05) is 35.4 Å². The van der Waals surface area contributed by atoms with Crippen LogP contribution < -0.4 is 11.5 Å². The third-order valence-corrected chi connectivity index (χ3v) is 2.36. The van der Waals surface area contributed by atoms with Crippen molar-refractivity contribution in [3.8, 4) is 11.1 Å². The predicted octanol–water partition coefficient (Wildman–Crippen LogP) is 1.82. The number of hydrogen-bond donors (Lipinski definition) is 2. The minimum Gasteiger partial charge on any atom is -0.399 e. The van der Waals surface area contributed by atoms with Crippen molar-refractivity contribution in [3.63, 3.8) is 0 Å². The molecule has 1 aromatic carbocycles. The van der Waals surface area contributed by atoms with Crippen LogP contribution >= 0.6 is 0 Å². The highest BCUT2D eigenvalue weighted by Crippen LogP contribution is 2.33. The van der Waals surface area contributed by atoms with Crippen LogP contribution in [0.2, 0.25) is 0 Å². The Kier molecular flexibility index (Phi) is 2.61. The summed E-state index contributed by atoms with van der Waals surface area (Å²) in [7, 11) is 0. The molecule has 86 valence electrons. The van der Waals surface area contributed by atoms with Crippen molar-refractivity contribution in [3.05, 3.63) is 46.8 Å². The second-order valence-electron chi connectivity index (χ2n) is 3.50. The van der Waals surface area contributed by atoms with Crippen LogP contribution in [-0.2, 0) is 0 Å². The van der Waals surface area contributed by atoms with E-state index in [-0.39, 0.29) is 5.69 Å². The molecule has 0 spiro atoms. The molecule has 2 aromatic rings. The Bertz CT molecular complexity index is 583. The van der Waals surface area contributed by atoms with Gasteiger partial charge in [-0.1, -0.05) is 0 Å². The highest BCUT2D eigenvalue weighted by atomic mass is 16.6. The smallest absolute Gasteiger partial charge is 0.280 e. The first kappa shape index (κ1) is 10.9. The third kappa shape index (κ3) is 2.00. The summed E-state index contributed by atoms with van der Waals surface area (Å²) in [6.07, 6.45) is 2.77. The molecular weight excluding hydrogens is 220 g/mol. The number of hydrogen-bond acceptors (Lipinski definition) is 5. The van der Waals surface area contributed by atoms with Crippen LogP contribution in [0.4, 0.5) is 17.1 Å². The van der Waals surface area contributed by atoms with Crippen LogP contribution in [0.25, 0.3) is 11.1 Å². The molecule has 0 amide bonds. The number of nitrogens with two attached hydrogens (primary N) is 2. The van der Waals surface area contributed by atoms with Gasteiger partial charge >= 0.3 is 0 Å². The normalized spacial score (nSPS) is 10.1. The van der Waals surface area contributed by atoms with Gasteiger partial charge in [-0.2, -0.15) is 0 Å². The standard InChI is InChI=1S/C11H10N4O2/c12-7-1-2-10(13)8(5-7)9-6-14-4-3-11(9)15(16)17/h1-6H,12-13H2. The monoisotopic (exact) mass is 230 g/mol. The summed E-state index contributed by atoms with van der Waals surface area (Å²) < 4.78 is 0. The minimum atomic E-state index is -0.473. The van der Waals surface area contributed by atoms with Crippen molar-refractivity contribution in [2.24, 2.45) is 0 Å². The quantitative estimate of drug-likeness (QED) is 0.464. The molecule has 0 radical (unpaired) electrons.